The van der Waals surface area contributed by atoms with Gasteiger partial charge in [-0.05, 0) is 33.5 Å². The predicted octanol–water partition coefficient (Wildman–Crippen LogP) is 11.7. The lowest BCUT2D eigenvalue weighted by atomic mass is 9.89. The van der Waals surface area contributed by atoms with Gasteiger partial charge in [0, 0.05) is 51.9 Å². The van der Waals surface area contributed by atoms with Gasteiger partial charge in [-0.1, -0.05) is 164 Å². The molecule has 0 bridgehead atoms. The van der Waals surface area contributed by atoms with E-state index in [0.717, 1.165) is 80.0 Å². The minimum atomic E-state index is 0.547. The molecule has 0 fully saturated rings. The molecule has 0 aliphatic carbocycles. The van der Waals surface area contributed by atoms with Crippen molar-refractivity contribution in [3.8, 4) is 28.4 Å². The Morgan fingerprint density at radius 2 is 0.667 bits per heavy atom. The average molecular weight is 665 g/mol. The van der Waals surface area contributed by atoms with E-state index in [0.29, 0.717) is 19.8 Å². The highest BCUT2D eigenvalue weighted by Crippen LogP contribution is 2.49. The van der Waals surface area contributed by atoms with Crippen LogP contribution in [0.5, 0.6) is 17.2 Å². The van der Waals surface area contributed by atoms with E-state index >= 15 is 0 Å². The van der Waals surface area contributed by atoms with Gasteiger partial charge < -0.3 is 14.2 Å². The van der Waals surface area contributed by atoms with Gasteiger partial charge in [-0.15, -0.1) is 0 Å². The molecule has 8 aromatic rings. The Balaban J connectivity index is 1.27. The quantitative estimate of drug-likeness (QED) is 0.115. The van der Waals surface area contributed by atoms with E-state index in [-0.39, 0.29) is 0 Å². The highest BCUT2D eigenvalue weighted by molar-refractivity contribution is 6.19. The highest BCUT2D eigenvalue weighted by Gasteiger charge is 2.22. The summed E-state index contributed by atoms with van der Waals surface area (Å²) in [5.41, 5.74) is 5.89. The summed E-state index contributed by atoms with van der Waals surface area (Å²) in [6, 6.07) is 59.4. The second-order valence-corrected chi connectivity index (χ2v) is 12.8. The smallest absolute Gasteiger partial charge is 0.135 e. The molecule has 51 heavy (non-hydrogen) atoms. The summed E-state index contributed by atoms with van der Waals surface area (Å²) in [4.78, 5) is 0. The van der Waals surface area contributed by atoms with Crippen molar-refractivity contribution in [2.24, 2.45) is 0 Å². The zero-order valence-corrected chi connectivity index (χ0v) is 28.6. The molecule has 0 amide bonds. The molecule has 0 aliphatic rings. The third-order valence-corrected chi connectivity index (χ3v) is 9.56. The Hall–Kier alpha value is -6.06. The monoisotopic (exact) mass is 664 g/mol. The second kappa shape index (κ2) is 15.2. The Morgan fingerprint density at radius 3 is 1.14 bits per heavy atom. The summed E-state index contributed by atoms with van der Waals surface area (Å²) < 4.78 is 20.3. The molecule has 0 saturated carbocycles. The van der Waals surface area contributed by atoms with E-state index in [1.807, 2.05) is 0 Å². The third kappa shape index (κ3) is 7.02. The first-order valence-corrected chi connectivity index (χ1v) is 17.8. The van der Waals surface area contributed by atoms with Crippen LogP contribution in [0.1, 0.15) is 16.7 Å². The van der Waals surface area contributed by atoms with Gasteiger partial charge in [-0.25, -0.2) is 0 Å². The molecule has 0 saturated heterocycles. The summed E-state index contributed by atoms with van der Waals surface area (Å²) in [6.45, 7) is 1.70. The molecule has 0 heterocycles. The molecular weight excluding hydrogens is 625 g/mol. The summed E-state index contributed by atoms with van der Waals surface area (Å²) in [6.07, 6.45) is 2.46. The molecule has 0 unspecified atom stereocenters. The first-order valence-electron chi connectivity index (χ1n) is 17.8. The number of hydrogen-bond acceptors (Lipinski definition) is 3. The van der Waals surface area contributed by atoms with Crippen LogP contribution in [0.4, 0.5) is 0 Å². The molecule has 0 N–H and O–H groups in total. The van der Waals surface area contributed by atoms with Gasteiger partial charge >= 0.3 is 0 Å². The fourth-order valence-electron chi connectivity index (χ4n) is 7.06. The third-order valence-electron chi connectivity index (χ3n) is 9.56. The number of benzene rings is 8. The molecule has 0 aliphatic heterocycles. The molecule has 0 aromatic heterocycles. The van der Waals surface area contributed by atoms with Crippen molar-refractivity contribution in [2.75, 3.05) is 19.8 Å². The normalized spacial score (nSPS) is 11.2. The summed E-state index contributed by atoms with van der Waals surface area (Å²) in [7, 11) is 0. The van der Waals surface area contributed by atoms with Crippen molar-refractivity contribution < 1.29 is 14.2 Å². The van der Waals surface area contributed by atoms with Crippen LogP contribution in [-0.4, -0.2) is 19.8 Å². The van der Waals surface area contributed by atoms with Crippen molar-refractivity contribution in [1.29, 1.82) is 0 Å². The standard InChI is InChI=1S/C48H40O3/c1-4-16-35(17-5-1)28-31-49-45-34-44(48(41-25-13-10-22-38(41)45)51-33-30-37-20-8-3-9-21-37)46-39-23-11-14-26-42(39)47(43-27-15-12-24-40(43)46)50-32-29-36-18-6-2-7-19-36/h1-27,34H,28-33H2. The average Bonchev–Trinajstić information content (AvgIpc) is 3.19. The van der Waals surface area contributed by atoms with Crippen LogP contribution in [0.2, 0.25) is 0 Å². The fraction of sp³-hybridized carbons (Fsp3) is 0.125. The fourth-order valence-corrected chi connectivity index (χ4v) is 7.06. The number of rotatable bonds is 13. The van der Waals surface area contributed by atoms with E-state index in [4.69, 9.17) is 14.2 Å². The van der Waals surface area contributed by atoms with Gasteiger partial charge in [0.15, 0.2) is 0 Å². The van der Waals surface area contributed by atoms with Crippen molar-refractivity contribution in [3.63, 3.8) is 0 Å². The van der Waals surface area contributed by atoms with Crippen LogP contribution < -0.4 is 14.2 Å². The predicted molar refractivity (Wildman–Crippen MR) is 211 cm³/mol. The Labute approximate surface area is 299 Å². The largest absolute Gasteiger partial charge is 0.493 e. The minimum absolute atomic E-state index is 0.547. The summed E-state index contributed by atoms with van der Waals surface area (Å²) >= 11 is 0. The van der Waals surface area contributed by atoms with E-state index in [1.54, 1.807) is 0 Å². The van der Waals surface area contributed by atoms with Crippen LogP contribution in [0.15, 0.2) is 170 Å². The summed E-state index contributed by atoms with van der Waals surface area (Å²) in [5, 5.41) is 6.46. The molecule has 0 radical (unpaired) electrons. The maximum absolute atomic E-state index is 6.89. The number of fused-ring (bicyclic) bond motifs is 3. The van der Waals surface area contributed by atoms with Crippen molar-refractivity contribution in [1.82, 2.24) is 0 Å². The minimum Gasteiger partial charge on any atom is -0.493 e. The van der Waals surface area contributed by atoms with Gasteiger partial charge in [-0.2, -0.15) is 0 Å². The molecule has 8 aromatic carbocycles. The Morgan fingerprint density at radius 1 is 0.314 bits per heavy atom. The molecule has 0 spiro atoms. The topological polar surface area (TPSA) is 27.7 Å². The Bertz CT molecular complexity index is 2330. The molecule has 3 nitrogen and oxygen atoms in total. The van der Waals surface area contributed by atoms with Gasteiger partial charge in [0.25, 0.3) is 0 Å². The molecular formula is C48H40O3. The zero-order valence-electron chi connectivity index (χ0n) is 28.6. The molecule has 250 valence electrons. The van der Waals surface area contributed by atoms with Crippen molar-refractivity contribution in [2.45, 2.75) is 19.3 Å². The van der Waals surface area contributed by atoms with E-state index in [2.05, 4.69) is 170 Å². The lowest BCUT2D eigenvalue weighted by molar-refractivity contribution is 0.319. The maximum atomic E-state index is 6.89. The van der Waals surface area contributed by atoms with Crippen molar-refractivity contribution in [3.05, 3.63) is 187 Å². The van der Waals surface area contributed by atoms with Crippen LogP contribution in [0.25, 0.3) is 43.4 Å². The van der Waals surface area contributed by atoms with Crippen LogP contribution in [0, 0.1) is 0 Å². The Kier molecular flexibility index (Phi) is 9.60. The second-order valence-electron chi connectivity index (χ2n) is 12.8. The van der Waals surface area contributed by atoms with E-state index < -0.39 is 0 Å². The van der Waals surface area contributed by atoms with Gasteiger partial charge in [0.1, 0.15) is 17.2 Å². The molecule has 8 rings (SSSR count). The molecule has 3 heteroatoms. The van der Waals surface area contributed by atoms with E-state index in [1.165, 1.54) is 16.7 Å². The van der Waals surface area contributed by atoms with Gasteiger partial charge in [0.2, 0.25) is 0 Å². The van der Waals surface area contributed by atoms with Crippen LogP contribution in [-0.2, 0) is 19.3 Å². The summed E-state index contributed by atoms with van der Waals surface area (Å²) in [5.74, 6) is 2.63. The lowest BCUT2D eigenvalue weighted by Gasteiger charge is -2.22. The zero-order chi connectivity index (χ0) is 34.2. The highest BCUT2D eigenvalue weighted by atomic mass is 16.5. The van der Waals surface area contributed by atoms with Crippen molar-refractivity contribution >= 4 is 32.3 Å². The number of ether oxygens (including phenoxy) is 3. The van der Waals surface area contributed by atoms with Gasteiger partial charge in [0.05, 0.1) is 19.8 Å². The SMILES string of the molecule is c1ccc(CCOc2cc(-c3c4ccccc4c(OCCc4ccccc4)c4ccccc34)c(OCCc3ccccc3)c3ccccc23)cc1. The first kappa shape index (κ1) is 32.2. The first-order chi connectivity index (χ1) is 25.3. The van der Waals surface area contributed by atoms with Gasteiger partial charge in [-0.3, -0.25) is 0 Å². The van der Waals surface area contributed by atoms with E-state index in [9.17, 15) is 0 Å². The molecule has 0 atom stereocenters. The van der Waals surface area contributed by atoms with Crippen LogP contribution in [0.3, 0.4) is 0 Å². The lowest BCUT2D eigenvalue weighted by Crippen LogP contribution is -2.06. The number of hydrogen-bond donors (Lipinski definition) is 0. The maximum Gasteiger partial charge on any atom is 0.135 e. The van der Waals surface area contributed by atoms with Crippen LogP contribution >= 0.6 is 0 Å².